The molecule has 1 aromatic carbocycles. The Balaban J connectivity index is 1.74. The maximum Gasteiger partial charge on any atom is 0.225 e. The number of carbonyl (C=O) groups is 1. The fourth-order valence-corrected chi connectivity index (χ4v) is 2.50. The minimum absolute atomic E-state index is 0.0194. The number of amides is 1. The van der Waals surface area contributed by atoms with Crippen molar-refractivity contribution in [3.8, 4) is 5.75 Å². The standard InChI is InChI=1S/C20H29N3O2/c1-15(2)23-18(12-13-21-23)22-19(24)7-6-14-25-17-10-8-16(9-11-17)20(3,4)5/h8-13,15H,6-7,14H2,1-5H3,(H,22,24). The van der Waals surface area contributed by atoms with Crippen LogP contribution in [0.4, 0.5) is 5.82 Å². The van der Waals surface area contributed by atoms with Crippen molar-refractivity contribution in [3.05, 3.63) is 42.1 Å². The number of carbonyl (C=O) groups excluding carboxylic acids is 1. The third kappa shape index (κ3) is 5.62. The summed E-state index contributed by atoms with van der Waals surface area (Å²) in [5.74, 6) is 1.55. The number of nitrogens with zero attached hydrogens (tertiary/aromatic N) is 2. The van der Waals surface area contributed by atoms with E-state index in [1.807, 2.05) is 32.0 Å². The Morgan fingerprint density at radius 3 is 2.48 bits per heavy atom. The highest BCUT2D eigenvalue weighted by atomic mass is 16.5. The lowest BCUT2D eigenvalue weighted by Crippen LogP contribution is -2.17. The first-order valence-corrected chi connectivity index (χ1v) is 8.84. The number of rotatable bonds is 7. The first-order chi connectivity index (χ1) is 11.8. The molecule has 5 heteroatoms. The molecule has 1 amide bonds. The second kappa shape index (κ2) is 8.19. The van der Waals surface area contributed by atoms with Crippen LogP contribution in [0.5, 0.6) is 5.75 Å². The van der Waals surface area contributed by atoms with Crippen LogP contribution in [0.3, 0.4) is 0 Å². The molecule has 0 spiro atoms. The maximum absolute atomic E-state index is 12.0. The number of aromatic nitrogens is 2. The first kappa shape index (κ1) is 19.0. The summed E-state index contributed by atoms with van der Waals surface area (Å²) in [4.78, 5) is 12.0. The molecule has 0 unspecified atom stereocenters. The molecule has 1 heterocycles. The Morgan fingerprint density at radius 2 is 1.88 bits per heavy atom. The molecule has 25 heavy (non-hydrogen) atoms. The molecular formula is C20H29N3O2. The highest BCUT2D eigenvalue weighted by Crippen LogP contribution is 2.24. The fraction of sp³-hybridized carbons (Fsp3) is 0.500. The van der Waals surface area contributed by atoms with Crippen molar-refractivity contribution in [3.63, 3.8) is 0 Å². The van der Waals surface area contributed by atoms with Crippen LogP contribution in [0.25, 0.3) is 0 Å². The lowest BCUT2D eigenvalue weighted by atomic mass is 9.87. The van der Waals surface area contributed by atoms with E-state index in [9.17, 15) is 4.79 Å². The molecule has 5 nitrogen and oxygen atoms in total. The van der Waals surface area contributed by atoms with Crippen molar-refractivity contribution in [1.82, 2.24) is 9.78 Å². The van der Waals surface area contributed by atoms with Crippen LogP contribution < -0.4 is 10.1 Å². The van der Waals surface area contributed by atoms with Gasteiger partial charge in [-0.1, -0.05) is 32.9 Å². The highest BCUT2D eigenvalue weighted by molar-refractivity contribution is 5.89. The van der Waals surface area contributed by atoms with E-state index in [4.69, 9.17) is 4.74 Å². The zero-order chi connectivity index (χ0) is 18.4. The second-order valence-corrected chi connectivity index (χ2v) is 7.53. The molecule has 0 aliphatic carbocycles. The van der Waals surface area contributed by atoms with Crippen LogP contribution in [-0.4, -0.2) is 22.3 Å². The van der Waals surface area contributed by atoms with E-state index < -0.39 is 0 Å². The zero-order valence-corrected chi connectivity index (χ0v) is 15.9. The minimum Gasteiger partial charge on any atom is -0.494 e. The van der Waals surface area contributed by atoms with Crippen LogP contribution in [0, 0.1) is 0 Å². The van der Waals surface area contributed by atoms with Gasteiger partial charge in [-0.05, 0) is 43.4 Å². The van der Waals surface area contributed by atoms with E-state index in [1.165, 1.54) is 5.56 Å². The Morgan fingerprint density at radius 1 is 1.20 bits per heavy atom. The number of nitrogens with one attached hydrogen (secondary N) is 1. The fourth-order valence-electron chi connectivity index (χ4n) is 2.50. The molecule has 2 aromatic rings. The molecule has 2 rings (SSSR count). The molecule has 0 saturated carbocycles. The summed E-state index contributed by atoms with van der Waals surface area (Å²) in [7, 11) is 0. The Hall–Kier alpha value is -2.30. The molecular weight excluding hydrogens is 314 g/mol. The van der Waals surface area contributed by atoms with E-state index in [-0.39, 0.29) is 17.4 Å². The van der Waals surface area contributed by atoms with Crippen molar-refractivity contribution < 1.29 is 9.53 Å². The largest absolute Gasteiger partial charge is 0.494 e. The van der Waals surface area contributed by atoms with Crippen LogP contribution in [0.1, 0.15) is 59.1 Å². The number of ether oxygens (including phenoxy) is 1. The van der Waals surface area contributed by atoms with E-state index >= 15 is 0 Å². The van der Waals surface area contributed by atoms with E-state index in [0.717, 1.165) is 11.6 Å². The van der Waals surface area contributed by atoms with Gasteiger partial charge in [0, 0.05) is 18.5 Å². The summed E-state index contributed by atoms with van der Waals surface area (Å²) in [6.07, 6.45) is 2.78. The van der Waals surface area contributed by atoms with Crippen LogP contribution in [0.15, 0.2) is 36.5 Å². The summed E-state index contributed by atoms with van der Waals surface area (Å²) >= 11 is 0. The number of anilines is 1. The van der Waals surface area contributed by atoms with Gasteiger partial charge in [0.2, 0.25) is 5.91 Å². The molecule has 0 atom stereocenters. The van der Waals surface area contributed by atoms with E-state index in [0.29, 0.717) is 19.4 Å². The molecule has 0 aliphatic rings. The number of hydrogen-bond donors (Lipinski definition) is 1. The van der Waals surface area contributed by atoms with Crippen molar-refractivity contribution in [2.24, 2.45) is 0 Å². The van der Waals surface area contributed by atoms with Crippen molar-refractivity contribution in [1.29, 1.82) is 0 Å². The van der Waals surface area contributed by atoms with Gasteiger partial charge in [-0.2, -0.15) is 5.10 Å². The van der Waals surface area contributed by atoms with Gasteiger partial charge in [0.05, 0.1) is 12.8 Å². The predicted molar refractivity (Wildman–Crippen MR) is 101 cm³/mol. The zero-order valence-electron chi connectivity index (χ0n) is 15.9. The van der Waals surface area contributed by atoms with Crippen molar-refractivity contribution in [2.75, 3.05) is 11.9 Å². The van der Waals surface area contributed by atoms with E-state index in [2.05, 4.69) is 43.3 Å². The second-order valence-electron chi connectivity index (χ2n) is 7.53. The van der Waals surface area contributed by atoms with Gasteiger partial charge < -0.3 is 10.1 Å². The molecule has 136 valence electrons. The molecule has 0 saturated heterocycles. The van der Waals surface area contributed by atoms with Crippen LogP contribution in [-0.2, 0) is 10.2 Å². The van der Waals surface area contributed by atoms with Crippen LogP contribution in [0.2, 0.25) is 0 Å². The summed E-state index contributed by atoms with van der Waals surface area (Å²) in [5.41, 5.74) is 1.42. The van der Waals surface area contributed by atoms with Gasteiger partial charge in [0.15, 0.2) is 0 Å². The van der Waals surface area contributed by atoms with Gasteiger partial charge in [-0.15, -0.1) is 0 Å². The third-order valence-corrected chi connectivity index (χ3v) is 3.96. The van der Waals surface area contributed by atoms with Gasteiger partial charge >= 0.3 is 0 Å². The van der Waals surface area contributed by atoms with Gasteiger partial charge in [-0.3, -0.25) is 4.79 Å². The average Bonchev–Trinajstić information content (AvgIpc) is 2.99. The molecule has 1 N–H and O–H groups in total. The topological polar surface area (TPSA) is 56.2 Å². The molecule has 0 aliphatic heterocycles. The smallest absolute Gasteiger partial charge is 0.225 e. The first-order valence-electron chi connectivity index (χ1n) is 8.84. The van der Waals surface area contributed by atoms with Gasteiger partial charge in [-0.25, -0.2) is 4.68 Å². The summed E-state index contributed by atoms with van der Waals surface area (Å²) in [6.45, 7) is 11.1. The molecule has 1 aromatic heterocycles. The molecule has 0 fully saturated rings. The lowest BCUT2D eigenvalue weighted by Gasteiger charge is -2.19. The highest BCUT2D eigenvalue weighted by Gasteiger charge is 2.13. The van der Waals surface area contributed by atoms with Crippen molar-refractivity contribution >= 4 is 11.7 Å². The lowest BCUT2D eigenvalue weighted by molar-refractivity contribution is -0.116. The quantitative estimate of drug-likeness (QED) is 0.750. The SMILES string of the molecule is CC(C)n1nccc1NC(=O)CCCOc1ccc(C(C)(C)C)cc1. The summed E-state index contributed by atoms with van der Waals surface area (Å²) in [6, 6.07) is 10.2. The minimum atomic E-state index is -0.0194. The predicted octanol–water partition coefficient (Wildman–Crippen LogP) is 4.56. The molecule has 0 bridgehead atoms. The van der Waals surface area contributed by atoms with Crippen LogP contribution >= 0.6 is 0 Å². The molecule has 0 radical (unpaired) electrons. The maximum atomic E-state index is 12.0. The van der Waals surface area contributed by atoms with E-state index in [1.54, 1.807) is 10.9 Å². The summed E-state index contributed by atoms with van der Waals surface area (Å²) in [5, 5.41) is 7.11. The normalized spacial score (nSPS) is 11.6. The average molecular weight is 343 g/mol. The number of benzene rings is 1. The summed E-state index contributed by atoms with van der Waals surface area (Å²) < 4.78 is 7.52. The Labute approximate surface area is 150 Å². The number of hydrogen-bond acceptors (Lipinski definition) is 3. The van der Waals surface area contributed by atoms with Gasteiger partial charge in [0.25, 0.3) is 0 Å². The Bertz CT molecular complexity index is 682. The monoisotopic (exact) mass is 343 g/mol. The van der Waals surface area contributed by atoms with Crippen molar-refractivity contribution in [2.45, 2.75) is 58.9 Å². The van der Waals surface area contributed by atoms with Gasteiger partial charge in [0.1, 0.15) is 11.6 Å². The Kier molecular flexibility index (Phi) is 6.23. The third-order valence-electron chi connectivity index (χ3n) is 3.96.